The molecule has 0 unspecified atom stereocenters. The molecule has 0 saturated carbocycles. The van der Waals surface area contributed by atoms with Crippen molar-refractivity contribution in [3.63, 3.8) is 0 Å². The number of aryl methyl sites for hydroxylation is 1. The normalized spacial score (nSPS) is 10.2. The minimum Gasteiger partial charge on any atom is -0.281 e. The molecule has 2 aromatic carbocycles. The Bertz CT molecular complexity index is 549. The maximum absolute atomic E-state index is 12.7. The molecule has 18 heavy (non-hydrogen) atoms. The Morgan fingerprint density at radius 1 is 1.06 bits per heavy atom. The van der Waals surface area contributed by atoms with E-state index in [1.54, 1.807) is 24.3 Å². The first-order valence-electron chi connectivity index (χ1n) is 5.43. The minimum absolute atomic E-state index is 0.222. The zero-order chi connectivity index (χ0) is 13.1. The van der Waals surface area contributed by atoms with Gasteiger partial charge in [0, 0.05) is 5.56 Å². The number of hydrogen-bond donors (Lipinski definition) is 1. The number of anilines is 1. The SMILES string of the molecule is Cc1ccc(N(O)C(=O)c2ccc(F)cc2)cc1. The van der Waals surface area contributed by atoms with Crippen molar-refractivity contribution < 1.29 is 14.4 Å². The van der Waals surface area contributed by atoms with Crippen LogP contribution in [0.25, 0.3) is 0 Å². The third-order valence-corrected chi connectivity index (χ3v) is 2.56. The monoisotopic (exact) mass is 245 g/mol. The lowest BCUT2D eigenvalue weighted by Gasteiger charge is -2.15. The number of amides is 1. The average molecular weight is 245 g/mol. The van der Waals surface area contributed by atoms with Gasteiger partial charge in [0.1, 0.15) is 5.82 Å². The Kier molecular flexibility index (Phi) is 3.39. The lowest BCUT2D eigenvalue weighted by molar-refractivity contribution is 0.0854. The second kappa shape index (κ2) is 4.98. The maximum atomic E-state index is 12.7. The highest BCUT2D eigenvalue weighted by molar-refractivity contribution is 6.04. The van der Waals surface area contributed by atoms with Crippen LogP contribution >= 0.6 is 0 Å². The van der Waals surface area contributed by atoms with E-state index in [1.165, 1.54) is 24.3 Å². The molecular weight excluding hydrogens is 233 g/mol. The van der Waals surface area contributed by atoms with Gasteiger partial charge >= 0.3 is 0 Å². The van der Waals surface area contributed by atoms with Crippen molar-refractivity contribution in [1.29, 1.82) is 0 Å². The molecular formula is C14H12FNO2. The van der Waals surface area contributed by atoms with Crippen LogP contribution < -0.4 is 5.06 Å². The molecule has 92 valence electrons. The summed E-state index contributed by atoms with van der Waals surface area (Å²) in [6.07, 6.45) is 0. The molecule has 0 aliphatic rings. The summed E-state index contributed by atoms with van der Waals surface area (Å²) in [4.78, 5) is 11.9. The van der Waals surface area contributed by atoms with Gasteiger partial charge < -0.3 is 0 Å². The Labute approximate surface area is 104 Å². The highest BCUT2D eigenvalue weighted by Crippen LogP contribution is 2.16. The number of nitrogens with zero attached hydrogens (tertiary/aromatic N) is 1. The highest BCUT2D eigenvalue weighted by Gasteiger charge is 2.15. The Morgan fingerprint density at radius 2 is 1.61 bits per heavy atom. The van der Waals surface area contributed by atoms with Crippen molar-refractivity contribution in [3.05, 3.63) is 65.5 Å². The van der Waals surface area contributed by atoms with E-state index in [-0.39, 0.29) is 5.56 Å². The van der Waals surface area contributed by atoms with Gasteiger partial charge in [-0.15, -0.1) is 0 Å². The van der Waals surface area contributed by atoms with Crippen molar-refractivity contribution in [1.82, 2.24) is 0 Å². The molecule has 0 aliphatic heterocycles. The first-order chi connectivity index (χ1) is 8.58. The van der Waals surface area contributed by atoms with Crippen molar-refractivity contribution >= 4 is 11.6 Å². The van der Waals surface area contributed by atoms with Gasteiger partial charge in [0.05, 0.1) is 5.69 Å². The number of hydroxylamine groups is 1. The molecule has 0 aliphatic carbocycles. The fourth-order valence-electron chi connectivity index (χ4n) is 1.52. The largest absolute Gasteiger partial charge is 0.281 e. The van der Waals surface area contributed by atoms with Crippen LogP contribution in [0.1, 0.15) is 15.9 Å². The first-order valence-corrected chi connectivity index (χ1v) is 5.43. The molecule has 0 heterocycles. The number of halogens is 1. The van der Waals surface area contributed by atoms with E-state index in [0.717, 1.165) is 5.56 Å². The van der Waals surface area contributed by atoms with Gasteiger partial charge in [0.2, 0.25) is 0 Å². The Morgan fingerprint density at radius 3 is 2.17 bits per heavy atom. The van der Waals surface area contributed by atoms with Crippen molar-refractivity contribution in [2.45, 2.75) is 6.92 Å². The number of carbonyl (C=O) groups excluding carboxylic acids is 1. The van der Waals surface area contributed by atoms with Crippen LogP contribution in [-0.4, -0.2) is 11.1 Å². The number of hydrogen-bond acceptors (Lipinski definition) is 2. The number of carbonyl (C=O) groups is 1. The van der Waals surface area contributed by atoms with Crippen molar-refractivity contribution in [2.75, 3.05) is 5.06 Å². The van der Waals surface area contributed by atoms with E-state index < -0.39 is 11.7 Å². The van der Waals surface area contributed by atoms with Crippen LogP contribution in [0.4, 0.5) is 10.1 Å². The van der Waals surface area contributed by atoms with E-state index in [2.05, 4.69) is 0 Å². The quantitative estimate of drug-likeness (QED) is 0.652. The summed E-state index contributed by atoms with van der Waals surface area (Å²) in [6.45, 7) is 1.91. The van der Waals surface area contributed by atoms with Gasteiger partial charge in [0.15, 0.2) is 0 Å². The smallest absolute Gasteiger partial charge is 0.281 e. The van der Waals surface area contributed by atoms with E-state index in [9.17, 15) is 14.4 Å². The topological polar surface area (TPSA) is 40.5 Å². The molecule has 1 N–H and O–H groups in total. The van der Waals surface area contributed by atoms with Crippen LogP contribution in [0, 0.1) is 12.7 Å². The van der Waals surface area contributed by atoms with Crippen molar-refractivity contribution in [3.8, 4) is 0 Å². The molecule has 4 heteroatoms. The summed E-state index contributed by atoms with van der Waals surface area (Å²) < 4.78 is 12.7. The van der Waals surface area contributed by atoms with E-state index in [4.69, 9.17) is 0 Å². The fourth-order valence-corrected chi connectivity index (χ4v) is 1.52. The van der Waals surface area contributed by atoms with Crippen LogP contribution in [0.2, 0.25) is 0 Å². The van der Waals surface area contributed by atoms with Crippen LogP contribution in [0.15, 0.2) is 48.5 Å². The molecule has 1 amide bonds. The lowest BCUT2D eigenvalue weighted by Crippen LogP contribution is -2.26. The maximum Gasteiger partial charge on any atom is 0.281 e. The zero-order valence-corrected chi connectivity index (χ0v) is 9.80. The van der Waals surface area contributed by atoms with E-state index >= 15 is 0 Å². The van der Waals surface area contributed by atoms with Crippen LogP contribution in [-0.2, 0) is 0 Å². The standard InChI is InChI=1S/C14H12FNO2/c1-10-2-8-13(9-3-10)16(18)14(17)11-4-6-12(15)7-5-11/h2-9,18H,1H3. The van der Waals surface area contributed by atoms with Crippen LogP contribution in [0.5, 0.6) is 0 Å². The molecule has 3 nitrogen and oxygen atoms in total. The zero-order valence-electron chi connectivity index (χ0n) is 9.80. The molecule has 2 aromatic rings. The minimum atomic E-state index is -0.598. The fraction of sp³-hybridized carbons (Fsp3) is 0.0714. The van der Waals surface area contributed by atoms with Gasteiger partial charge in [-0.25, -0.2) is 4.39 Å². The first kappa shape index (κ1) is 12.3. The van der Waals surface area contributed by atoms with E-state index in [0.29, 0.717) is 10.8 Å². The van der Waals surface area contributed by atoms with Crippen molar-refractivity contribution in [2.24, 2.45) is 0 Å². The highest BCUT2D eigenvalue weighted by atomic mass is 19.1. The molecule has 0 fully saturated rings. The van der Waals surface area contributed by atoms with Gasteiger partial charge in [0.25, 0.3) is 5.91 Å². The molecule has 0 atom stereocenters. The summed E-state index contributed by atoms with van der Waals surface area (Å²) in [6, 6.07) is 11.9. The van der Waals surface area contributed by atoms with Gasteiger partial charge in [-0.1, -0.05) is 17.7 Å². The Hall–Kier alpha value is -2.20. The second-order valence-corrected chi connectivity index (χ2v) is 3.96. The van der Waals surface area contributed by atoms with Crippen LogP contribution in [0.3, 0.4) is 0 Å². The van der Waals surface area contributed by atoms with E-state index in [1.807, 2.05) is 6.92 Å². The summed E-state index contributed by atoms with van der Waals surface area (Å²) in [5.74, 6) is -1.02. The third-order valence-electron chi connectivity index (χ3n) is 2.56. The predicted molar refractivity (Wildman–Crippen MR) is 66.2 cm³/mol. The van der Waals surface area contributed by atoms with Gasteiger partial charge in [-0.05, 0) is 43.3 Å². The van der Waals surface area contributed by atoms with Gasteiger partial charge in [-0.2, -0.15) is 5.06 Å². The Balaban J connectivity index is 2.23. The molecule has 0 bridgehead atoms. The summed E-state index contributed by atoms with van der Waals surface area (Å²) in [5.41, 5.74) is 1.62. The second-order valence-electron chi connectivity index (χ2n) is 3.96. The number of benzene rings is 2. The lowest BCUT2D eigenvalue weighted by atomic mass is 10.2. The number of rotatable bonds is 2. The molecule has 2 rings (SSSR count). The molecule has 0 radical (unpaired) electrons. The summed E-state index contributed by atoms with van der Waals surface area (Å²) in [5, 5.41) is 10.3. The third kappa shape index (κ3) is 2.55. The molecule has 0 aromatic heterocycles. The summed E-state index contributed by atoms with van der Waals surface area (Å²) >= 11 is 0. The average Bonchev–Trinajstić information content (AvgIpc) is 2.39. The molecule has 0 spiro atoms. The summed E-state index contributed by atoms with van der Waals surface area (Å²) in [7, 11) is 0. The van der Waals surface area contributed by atoms with Gasteiger partial charge in [-0.3, -0.25) is 10.0 Å². The predicted octanol–water partition coefficient (Wildman–Crippen LogP) is 3.17. The molecule has 0 saturated heterocycles.